The summed E-state index contributed by atoms with van der Waals surface area (Å²) in [5, 5.41) is 13.0. The van der Waals surface area contributed by atoms with Gasteiger partial charge in [-0.1, -0.05) is 0 Å². The lowest BCUT2D eigenvalue weighted by molar-refractivity contribution is 0.0954. The summed E-state index contributed by atoms with van der Waals surface area (Å²) in [5.41, 5.74) is 4.99. The summed E-state index contributed by atoms with van der Waals surface area (Å²) in [6.07, 6.45) is 1.51. The molecule has 24 heavy (non-hydrogen) atoms. The van der Waals surface area contributed by atoms with Crippen molar-refractivity contribution in [3.8, 4) is 17.6 Å². The topological polar surface area (TPSA) is 88.6 Å². The van der Waals surface area contributed by atoms with Crippen molar-refractivity contribution in [3.63, 3.8) is 0 Å². The van der Waals surface area contributed by atoms with E-state index < -0.39 is 5.91 Å². The maximum atomic E-state index is 12.2. The van der Waals surface area contributed by atoms with Crippen LogP contribution in [0.4, 0.5) is 0 Å². The van der Waals surface area contributed by atoms with Crippen molar-refractivity contribution >= 4 is 12.1 Å². The largest absolute Gasteiger partial charge is 0.497 e. The van der Waals surface area contributed by atoms with Gasteiger partial charge in [-0.25, -0.2) is 5.43 Å². The molecule has 0 atom stereocenters. The van der Waals surface area contributed by atoms with Crippen LogP contribution < -0.4 is 14.9 Å². The first-order chi connectivity index (χ1) is 11.5. The normalized spacial score (nSPS) is 10.5. The molecule has 0 bridgehead atoms. The molecule has 0 aliphatic rings. The molecule has 0 fully saturated rings. The monoisotopic (exact) mass is 326 g/mol. The summed E-state index contributed by atoms with van der Waals surface area (Å²) >= 11 is 0. The Bertz CT molecular complexity index is 809. The summed E-state index contributed by atoms with van der Waals surface area (Å²) < 4.78 is 12.0. The molecule has 1 aromatic heterocycles. The lowest BCUT2D eigenvalue weighted by Crippen LogP contribution is -2.17. The van der Waals surface area contributed by atoms with Crippen LogP contribution in [-0.2, 0) is 7.05 Å². The number of hydrogen-bond donors (Lipinski definition) is 1. The van der Waals surface area contributed by atoms with Crippen molar-refractivity contribution in [2.75, 3.05) is 14.2 Å². The number of methoxy groups -OCH3 is 2. The van der Waals surface area contributed by atoms with Crippen LogP contribution in [0.1, 0.15) is 27.3 Å². The lowest BCUT2D eigenvalue weighted by Gasteiger charge is -2.07. The van der Waals surface area contributed by atoms with Gasteiger partial charge in [-0.05, 0) is 25.1 Å². The third-order valence-electron chi connectivity index (χ3n) is 3.67. The molecule has 0 radical (unpaired) electrons. The second-order valence-corrected chi connectivity index (χ2v) is 5.04. The highest BCUT2D eigenvalue weighted by Gasteiger charge is 2.10. The van der Waals surface area contributed by atoms with Gasteiger partial charge < -0.3 is 14.0 Å². The Labute approximate surface area is 140 Å². The average molecular weight is 326 g/mol. The van der Waals surface area contributed by atoms with E-state index in [9.17, 15) is 4.79 Å². The number of hydrogen-bond acceptors (Lipinski definition) is 5. The number of carbonyl (C=O) groups is 1. The molecule has 0 aliphatic carbocycles. The Morgan fingerprint density at radius 3 is 2.38 bits per heavy atom. The number of amides is 1. The molecular weight excluding hydrogens is 308 g/mol. The molecule has 0 saturated heterocycles. The third-order valence-corrected chi connectivity index (χ3v) is 3.67. The van der Waals surface area contributed by atoms with Gasteiger partial charge in [0.1, 0.15) is 23.3 Å². The van der Waals surface area contributed by atoms with E-state index in [0.717, 1.165) is 11.3 Å². The van der Waals surface area contributed by atoms with Gasteiger partial charge in [0.25, 0.3) is 5.91 Å². The standard InChI is InChI=1S/C17H18N4O3/c1-11-13(5-14(9-18)21(11)2)10-19-20-17(22)12-6-15(23-3)8-16(7-12)24-4/h5-8,10H,1-4H3,(H,20,22)/b19-10-. The van der Waals surface area contributed by atoms with Crippen molar-refractivity contribution in [3.05, 3.63) is 46.8 Å². The Balaban J connectivity index is 2.15. The molecule has 1 aromatic carbocycles. The fourth-order valence-electron chi connectivity index (χ4n) is 2.12. The minimum absolute atomic E-state index is 0.367. The highest BCUT2D eigenvalue weighted by molar-refractivity contribution is 5.95. The van der Waals surface area contributed by atoms with E-state index in [-0.39, 0.29) is 0 Å². The molecule has 0 saturated carbocycles. The average Bonchev–Trinajstić information content (AvgIpc) is 2.88. The van der Waals surface area contributed by atoms with Crippen molar-refractivity contribution in [1.29, 1.82) is 5.26 Å². The fraction of sp³-hybridized carbons (Fsp3) is 0.235. The first-order valence-corrected chi connectivity index (χ1v) is 7.13. The predicted octanol–water partition coefficient (Wildman–Crippen LogP) is 1.99. The van der Waals surface area contributed by atoms with E-state index in [1.165, 1.54) is 20.4 Å². The molecule has 1 heterocycles. The van der Waals surface area contributed by atoms with Gasteiger partial charge in [0.05, 0.1) is 20.4 Å². The molecule has 1 N–H and O–H groups in total. The van der Waals surface area contributed by atoms with Gasteiger partial charge in [-0.15, -0.1) is 0 Å². The van der Waals surface area contributed by atoms with E-state index in [1.807, 2.05) is 6.92 Å². The van der Waals surface area contributed by atoms with Crippen molar-refractivity contribution < 1.29 is 14.3 Å². The smallest absolute Gasteiger partial charge is 0.271 e. The number of nitriles is 1. The molecule has 0 aliphatic heterocycles. The van der Waals surface area contributed by atoms with Crippen LogP contribution in [0.2, 0.25) is 0 Å². The third kappa shape index (κ3) is 3.55. The first-order valence-electron chi connectivity index (χ1n) is 7.13. The maximum absolute atomic E-state index is 12.2. The highest BCUT2D eigenvalue weighted by atomic mass is 16.5. The number of rotatable bonds is 5. The number of ether oxygens (including phenoxy) is 2. The van der Waals surface area contributed by atoms with Gasteiger partial charge in [-0.2, -0.15) is 10.4 Å². The number of carbonyl (C=O) groups excluding carboxylic acids is 1. The Hall–Kier alpha value is -3.27. The van der Waals surface area contributed by atoms with Crippen LogP contribution >= 0.6 is 0 Å². The number of nitrogens with one attached hydrogen (secondary N) is 1. The summed E-state index contributed by atoms with van der Waals surface area (Å²) in [4.78, 5) is 12.2. The molecule has 7 heteroatoms. The van der Waals surface area contributed by atoms with Gasteiger partial charge in [0.15, 0.2) is 0 Å². The van der Waals surface area contributed by atoms with Crippen LogP contribution in [0, 0.1) is 18.3 Å². The quantitative estimate of drug-likeness (QED) is 0.672. The summed E-state index contributed by atoms with van der Waals surface area (Å²) in [5.74, 6) is 0.639. The zero-order valence-corrected chi connectivity index (χ0v) is 14.0. The number of aromatic nitrogens is 1. The number of hydrazone groups is 1. The SMILES string of the molecule is COc1cc(OC)cc(C(=O)N/N=C\c2cc(C#N)n(C)c2C)c1. The zero-order chi connectivity index (χ0) is 17.7. The molecular formula is C17H18N4O3. The molecule has 124 valence electrons. The van der Waals surface area contributed by atoms with Crippen LogP contribution in [0.3, 0.4) is 0 Å². The number of nitrogens with zero attached hydrogens (tertiary/aromatic N) is 3. The van der Waals surface area contributed by atoms with E-state index in [2.05, 4.69) is 16.6 Å². The van der Waals surface area contributed by atoms with Crippen LogP contribution in [-0.4, -0.2) is 30.9 Å². The Morgan fingerprint density at radius 2 is 1.88 bits per heavy atom. The molecule has 2 aromatic rings. The minimum Gasteiger partial charge on any atom is -0.497 e. The second kappa shape index (κ2) is 7.33. The zero-order valence-electron chi connectivity index (χ0n) is 14.0. The summed E-state index contributed by atoms with van der Waals surface area (Å²) in [6, 6.07) is 8.66. The van der Waals surface area contributed by atoms with E-state index >= 15 is 0 Å². The second-order valence-electron chi connectivity index (χ2n) is 5.04. The maximum Gasteiger partial charge on any atom is 0.271 e. The van der Waals surface area contributed by atoms with Gasteiger partial charge in [-0.3, -0.25) is 4.79 Å². The molecule has 7 nitrogen and oxygen atoms in total. The van der Waals surface area contributed by atoms with Gasteiger partial charge in [0, 0.05) is 29.9 Å². The minimum atomic E-state index is -0.391. The Morgan fingerprint density at radius 1 is 1.25 bits per heavy atom. The van der Waals surface area contributed by atoms with Gasteiger partial charge >= 0.3 is 0 Å². The van der Waals surface area contributed by atoms with E-state index in [0.29, 0.717) is 22.8 Å². The molecule has 2 rings (SSSR count). The van der Waals surface area contributed by atoms with Gasteiger partial charge in [0.2, 0.25) is 0 Å². The van der Waals surface area contributed by atoms with Crippen LogP contribution in [0.15, 0.2) is 29.4 Å². The van der Waals surface area contributed by atoms with Crippen molar-refractivity contribution in [2.24, 2.45) is 12.1 Å². The first kappa shape index (κ1) is 17.1. The number of benzene rings is 1. The fourth-order valence-corrected chi connectivity index (χ4v) is 2.12. The predicted molar refractivity (Wildman–Crippen MR) is 89.5 cm³/mol. The lowest BCUT2D eigenvalue weighted by atomic mass is 10.2. The van der Waals surface area contributed by atoms with E-state index in [4.69, 9.17) is 14.7 Å². The molecule has 1 amide bonds. The van der Waals surface area contributed by atoms with Crippen LogP contribution in [0.25, 0.3) is 0 Å². The summed E-state index contributed by atoms with van der Waals surface area (Å²) in [6.45, 7) is 1.87. The summed E-state index contributed by atoms with van der Waals surface area (Å²) in [7, 11) is 4.82. The Kier molecular flexibility index (Phi) is 5.22. The van der Waals surface area contributed by atoms with Crippen LogP contribution in [0.5, 0.6) is 11.5 Å². The van der Waals surface area contributed by atoms with Crippen molar-refractivity contribution in [1.82, 2.24) is 9.99 Å². The molecule has 0 unspecified atom stereocenters. The van der Waals surface area contributed by atoms with Crippen molar-refractivity contribution in [2.45, 2.75) is 6.92 Å². The highest BCUT2D eigenvalue weighted by Crippen LogP contribution is 2.22. The molecule has 0 spiro atoms. The van der Waals surface area contributed by atoms with E-state index in [1.54, 1.807) is 35.9 Å².